The summed E-state index contributed by atoms with van der Waals surface area (Å²) in [6.45, 7) is 4.90. The molecule has 0 N–H and O–H groups in total. The molecular formula is C15H19NO2. The van der Waals surface area contributed by atoms with E-state index in [4.69, 9.17) is 0 Å². The van der Waals surface area contributed by atoms with Crippen molar-refractivity contribution in [3.63, 3.8) is 0 Å². The number of aromatic nitrogens is 1. The second-order valence-corrected chi connectivity index (χ2v) is 4.51. The van der Waals surface area contributed by atoms with Gasteiger partial charge in [-0.15, -0.1) is 0 Å². The van der Waals surface area contributed by atoms with Gasteiger partial charge in [-0.3, -0.25) is 4.79 Å². The van der Waals surface area contributed by atoms with Gasteiger partial charge in [0.2, 0.25) is 0 Å². The third kappa shape index (κ3) is 2.40. The standard InChI is InChI=1S/C15H19NO2/c1-4-12-5-6-14-13(10-12)9-11(2)16(14)8-7-15(17)18-3/h5-6,9-10H,4,7-8H2,1-3H3. The maximum Gasteiger partial charge on any atom is 0.307 e. The van der Waals surface area contributed by atoms with E-state index < -0.39 is 0 Å². The normalized spacial score (nSPS) is 10.8. The summed E-state index contributed by atoms with van der Waals surface area (Å²) < 4.78 is 6.86. The fourth-order valence-electron chi connectivity index (χ4n) is 2.28. The summed E-state index contributed by atoms with van der Waals surface area (Å²) in [5.41, 5.74) is 3.71. The molecule has 0 atom stereocenters. The lowest BCUT2D eigenvalue weighted by Gasteiger charge is -2.07. The average Bonchev–Trinajstić information content (AvgIpc) is 2.70. The van der Waals surface area contributed by atoms with E-state index in [-0.39, 0.29) is 5.97 Å². The van der Waals surface area contributed by atoms with Crippen molar-refractivity contribution >= 4 is 16.9 Å². The Morgan fingerprint density at radius 2 is 2.11 bits per heavy atom. The molecule has 0 saturated heterocycles. The summed E-state index contributed by atoms with van der Waals surface area (Å²) >= 11 is 0. The van der Waals surface area contributed by atoms with Crippen LogP contribution in [0.1, 0.15) is 24.6 Å². The van der Waals surface area contributed by atoms with E-state index in [2.05, 4.69) is 47.4 Å². The molecule has 0 aliphatic rings. The predicted octanol–water partition coefficient (Wildman–Crippen LogP) is 3.08. The minimum absolute atomic E-state index is 0.165. The topological polar surface area (TPSA) is 31.2 Å². The van der Waals surface area contributed by atoms with Gasteiger partial charge in [-0.2, -0.15) is 0 Å². The molecule has 0 bridgehead atoms. The van der Waals surface area contributed by atoms with Crippen molar-refractivity contribution < 1.29 is 9.53 Å². The smallest absolute Gasteiger partial charge is 0.307 e. The first-order chi connectivity index (χ1) is 8.65. The van der Waals surface area contributed by atoms with Crippen molar-refractivity contribution in [2.24, 2.45) is 0 Å². The van der Waals surface area contributed by atoms with Crippen LogP contribution < -0.4 is 0 Å². The molecule has 0 aliphatic carbocycles. The molecule has 2 rings (SSSR count). The van der Waals surface area contributed by atoms with Gasteiger partial charge >= 0.3 is 5.97 Å². The molecule has 0 radical (unpaired) electrons. The highest BCUT2D eigenvalue weighted by Crippen LogP contribution is 2.21. The number of fused-ring (bicyclic) bond motifs is 1. The van der Waals surface area contributed by atoms with Crippen molar-refractivity contribution in [1.82, 2.24) is 4.57 Å². The zero-order valence-corrected chi connectivity index (χ0v) is 11.2. The van der Waals surface area contributed by atoms with Crippen LogP contribution in [0.15, 0.2) is 24.3 Å². The predicted molar refractivity (Wildman–Crippen MR) is 72.7 cm³/mol. The number of rotatable bonds is 4. The second-order valence-electron chi connectivity index (χ2n) is 4.51. The molecule has 2 aromatic rings. The van der Waals surface area contributed by atoms with Crippen LogP contribution in [0, 0.1) is 6.92 Å². The number of methoxy groups -OCH3 is 1. The molecule has 0 unspecified atom stereocenters. The Bertz CT molecular complexity index is 569. The Labute approximate surface area is 107 Å². The largest absolute Gasteiger partial charge is 0.469 e. The lowest BCUT2D eigenvalue weighted by Crippen LogP contribution is -2.07. The van der Waals surface area contributed by atoms with E-state index >= 15 is 0 Å². The van der Waals surface area contributed by atoms with E-state index in [1.165, 1.54) is 29.3 Å². The van der Waals surface area contributed by atoms with Crippen LogP contribution in [0.3, 0.4) is 0 Å². The van der Waals surface area contributed by atoms with Gasteiger partial charge in [0.25, 0.3) is 0 Å². The number of hydrogen-bond acceptors (Lipinski definition) is 2. The Hall–Kier alpha value is -1.77. The fraction of sp³-hybridized carbons (Fsp3) is 0.400. The van der Waals surface area contributed by atoms with Crippen molar-refractivity contribution in [1.29, 1.82) is 0 Å². The summed E-state index contributed by atoms with van der Waals surface area (Å²) in [5, 5.41) is 1.25. The number of hydrogen-bond donors (Lipinski definition) is 0. The van der Waals surface area contributed by atoms with Crippen LogP contribution in [0.25, 0.3) is 10.9 Å². The molecule has 3 nitrogen and oxygen atoms in total. The maximum atomic E-state index is 11.2. The molecule has 1 aromatic carbocycles. The summed E-state index contributed by atoms with van der Waals surface area (Å²) in [4.78, 5) is 11.2. The maximum absolute atomic E-state index is 11.2. The Morgan fingerprint density at radius 1 is 1.33 bits per heavy atom. The average molecular weight is 245 g/mol. The molecule has 18 heavy (non-hydrogen) atoms. The molecule has 0 fully saturated rings. The number of esters is 1. The van der Waals surface area contributed by atoms with Crippen LogP contribution >= 0.6 is 0 Å². The Morgan fingerprint density at radius 3 is 2.78 bits per heavy atom. The van der Waals surface area contributed by atoms with Gasteiger partial charge < -0.3 is 9.30 Å². The molecule has 96 valence electrons. The zero-order chi connectivity index (χ0) is 13.1. The van der Waals surface area contributed by atoms with Gasteiger partial charge in [0, 0.05) is 23.1 Å². The Kier molecular flexibility index (Phi) is 3.70. The molecule has 1 aromatic heterocycles. The number of carbonyl (C=O) groups excluding carboxylic acids is 1. The van der Waals surface area contributed by atoms with Crippen LogP contribution in [0.4, 0.5) is 0 Å². The summed E-state index contributed by atoms with van der Waals surface area (Å²) in [6.07, 6.45) is 1.46. The number of ether oxygens (including phenoxy) is 1. The quantitative estimate of drug-likeness (QED) is 0.775. The summed E-state index contributed by atoms with van der Waals surface area (Å²) in [5.74, 6) is -0.165. The highest BCUT2D eigenvalue weighted by Gasteiger charge is 2.08. The van der Waals surface area contributed by atoms with Gasteiger partial charge in [0.05, 0.1) is 13.5 Å². The molecule has 0 amide bonds. The monoisotopic (exact) mass is 245 g/mol. The van der Waals surface area contributed by atoms with Gasteiger partial charge in [-0.05, 0) is 37.1 Å². The van der Waals surface area contributed by atoms with Gasteiger partial charge in [0.15, 0.2) is 0 Å². The fourth-order valence-corrected chi connectivity index (χ4v) is 2.28. The van der Waals surface area contributed by atoms with Crippen LogP contribution in [-0.2, 0) is 22.5 Å². The van der Waals surface area contributed by atoms with E-state index in [1.54, 1.807) is 0 Å². The van der Waals surface area contributed by atoms with E-state index in [1.807, 2.05) is 0 Å². The first-order valence-corrected chi connectivity index (χ1v) is 6.31. The summed E-state index contributed by atoms with van der Waals surface area (Å²) in [6, 6.07) is 8.68. The third-order valence-electron chi connectivity index (χ3n) is 3.35. The minimum atomic E-state index is -0.165. The molecule has 0 aliphatic heterocycles. The van der Waals surface area contributed by atoms with E-state index in [0.717, 1.165) is 6.42 Å². The highest BCUT2D eigenvalue weighted by molar-refractivity contribution is 5.82. The number of carbonyl (C=O) groups is 1. The van der Waals surface area contributed by atoms with Crippen molar-refractivity contribution in [2.45, 2.75) is 33.2 Å². The molecule has 0 saturated carbocycles. The number of nitrogens with zero attached hydrogens (tertiary/aromatic N) is 1. The summed E-state index contributed by atoms with van der Waals surface area (Å²) in [7, 11) is 1.43. The van der Waals surface area contributed by atoms with E-state index in [0.29, 0.717) is 13.0 Å². The van der Waals surface area contributed by atoms with Crippen LogP contribution in [-0.4, -0.2) is 17.6 Å². The van der Waals surface area contributed by atoms with Crippen molar-refractivity contribution in [3.8, 4) is 0 Å². The first kappa shape index (κ1) is 12.7. The minimum Gasteiger partial charge on any atom is -0.469 e. The number of aryl methyl sites for hydroxylation is 3. The zero-order valence-electron chi connectivity index (χ0n) is 11.2. The third-order valence-corrected chi connectivity index (χ3v) is 3.35. The molecule has 0 spiro atoms. The van der Waals surface area contributed by atoms with Crippen LogP contribution in [0.2, 0.25) is 0 Å². The van der Waals surface area contributed by atoms with Gasteiger partial charge in [0.1, 0.15) is 0 Å². The molecular weight excluding hydrogens is 226 g/mol. The van der Waals surface area contributed by atoms with Crippen molar-refractivity contribution in [2.75, 3.05) is 7.11 Å². The number of benzene rings is 1. The van der Waals surface area contributed by atoms with Crippen molar-refractivity contribution in [3.05, 3.63) is 35.5 Å². The van der Waals surface area contributed by atoms with Crippen LogP contribution in [0.5, 0.6) is 0 Å². The van der Waals surface area contributed by atoms with Gasteiger partial charge in [-0.1, -0.05) is 13.0 Å². The Balaban J connectivity index is 2.32. The lowest BCUT2D eigenvalue weighted by molar-refractivity contribution is -0.140. The SMILES string of the molecule is CCc1ccc2c(c1)cc(C)n2CCC(=O)OC. The lowest BCUT2D eigenvalue weighted by atomic mass is 10.1. The second kappa shape index (κ2) is 5.25. The first-order valence-electron chi connectivity index (χ1n) is 6.31. The highest BCUT2D eigenvalue weighted by atomic mass is 16.5. The molecule has 1 heterocycles. The molecule has 3 heteroatoms. The van der Waals surface area contributed by atoms with Gasteiger partial charge in [-0.25, -0.2) is 0 Å². The van der Waals surface area contributed by atoms with E-state index in [9.17, 15) is 4.79 Å².